The van der Waals surface area contributed by atoms with Gasteiger partial charge in [0.15, 0.2) is 0 Å². The number of carbonyl (C=O) groups excluding carboxylic acids is 1. The second kappa shape index (κ2) is 10.0. The maximum atomic E-state index is 14.7. The highest BCUT2D eigenvalue weighted by Gasteiger charge is 2.60. The number of halogens is 7. The first kappa shape index (κ1) is 25.5. The van der Waals surface area contributed by atoms with Crippen LogP contribution in [0.15, 0.2) is 18.2 Å². The molecule has 2 atom stereocenters. The quantitative estimate of drug-likeness (QED) is 0.462. The van der Waals surface area contributed by atoms with E-state index in [-0.39, 0.29) is 26.1 Å². The van der Waals surface area contributed by atoms with Crippen LogP contribution in [0.1, 0.15) is 18.9 Å². The molecule has 1 aromatic rings. The predicted molar refractivity (Wildman–Crippen MR) is 104 cm³/mol. The Morgan fingerprint density at radius 1 is 1.12 bits per heavy atom. The molecule has 0 N–H and O–H groups in total. The van der Waals surface area contributed by atoms with Crippen LogP contribution in [-0.4, -0.2) is 68.7 Å². The van der Waals surface area contributed by atoms with Crippen molar-refractivity contribution in [3.8, 4) is 0 Å². The number of hydrogen-bond donors (Lipinski definition) is 0. The van der Waals surface area contributed by atoms with Gasteiger partial charge < -0.3 is 14.4 Å². The zero-order valence-corrected chi connectivity index (χ0v) is 17.9. The van der Waals surface area contributed by atoms with E-state index in [1.165, 1.54) is 6.07 Å². The number of morpholine rings is 1. The van der Waals surface area contributed by atoms with E-state index in [4.69, 9.17) is 4.74 Å². The lowest BCUT2D eigenvalue weighted by Crippen LogP contribution is -2.49. The van der Waals surface area contributed by atoms with E-state index in [1.807, 2.05) is 9.80 Å². The van der Waals surface area contributed by atoms with Crippen LogP contribution in [0.5, 0.6) is 0 Å². The highest BCUT2D eigenvalue weighted by atomic mass is 19.4. The number of likely N-dealkylation sites (tertiary alicyclic amines) is 1. The molecule has 0 saturated carbocycles. The molecular weight excluding hydrogens is 461 g/mol. The van der Waals surface area contributed by atoms with Crippen LogP contribution in [-0.2, 0) is 20.8 Å². The van der Waals surface area contributed by atoms with E-state index >= 15 is 0 Å². The predicted octanol–water partition coefficient (Wildman–Crippen LogP) is 4.16. The molecule has 186 valence electrons. The second-order valence-corrected chi connectivity index (χ2v) is 8.38. The largest absolute Gasteiger partial charge is 0.443 e. The van der Waals surface area contributed by atoms with Gasteiger partial charge in [-0.3, -0.25) is 9.69 Å². The van der Waals surface area contributed by atoms with E-state index < -0.39 is 42.1 Å². The van der Waals surface area contributed by atoms with Gasteiger partial charge >= 0.3 is 18.3 Å². The van der Waals surface area contributed by atoms with Crippen molar-refractivity contribution in [3.05, 3.63) is 29.6 Å². The number of esters is 1. The minimum atomic E-state index is -5.75. The van der Waals surface area contributed by atoms with Crippen molar-refractivity contribution in [2.75, 3.05) is 44.3 Å². The fourth-order valence-corrected chi connectivity index (χ4v) is 4.17. The lowest BCUT2D eigenvalue weighted by molar-refractivity contribution is -0.314. The maximum Gasteiger partial charge on any atom is 0.434 e. The Bertz CT molecular complexity index is 811. The molecule has 33 heavy (non-hydrogen) atoms. The molecule has 2 aliphatic rings. The Hall–Kier alpha value is -2.08. The Kier molecular flexibility index (Phi) is 7.77. The molecule has 0 aliphatic carbocycles. The molecule has 12 heteroatoms. The molecule has 3 rings (SSSR count). The van der Waals surface area contributed by atoms with E-state index in [0.717, 1.165) is 5.69 Å². The molecule has 2 aliphatic heterocycles. The average molecular weight is 486 g/mol. The third-order valence-electron chi connectivity index (χ3n) is 5.93. The Morgan fingerprint density at radius 3 is 2.30 bits per heavy atom. The molecule has 0 radical (unpaired) electrons. The third kappa shape index (κ3) is 6.50. The van der Waals surface area contributed by atoms with Crippen LogP contribution in [0.3, 0.4) is 0 Å². The monoisotopic (exact) mass is 486 g/mol. The Labute approximate surface area is 186 Å². The Morgan fingerprint density at radius 2 is 1.76 bits per heavy atom. The molecule has 0 amide bonds. The summed E-state index contributed by atoms with van der Waals surface area (Å²) in [5.74, 6) is -3.61. The van der Waals surface area contributed by atoms with Crippen molar-refractivity contribution < 1.29 is 45.0 Å². The summed E-state index contributed by atoms with van der Waals surface area (Å²) in [6, 6.07) is 4.89. The number of alkyl halides is 6. The van der Waals surface area contributed by atoms with Gasteiger partial charge in [-0.25, -0.2) is 4.39 Å². The van der Waals surface area contributed by atoms with Gasteiger partial charge in [-0.15, -0.1) is 0 Å². The lowest BCUT2D eigenvalue weighted by Gasteiger charge is -2.36. The summed E-state index contributed by atoms with van der Waals surface area (Å²) in [6.07, 6.45) is -15.6. The number of nitrogens with zero attached hydrogens (tertiary/aromatic N) is 2. The van der Waals surface area contributed by atoms with Crippen molar-refractivity contribution in [2.24, 2.45) is 11.8 Å². The fourth-order valence-electron chi connectivity index (χ4n) is 4.17. The van der Waals surface area contributed by atoms with Crippen LogP contribution in [0.4, 0.5) is 36.4 Å². The van der Waals surface area contributed by atoms with E-state index in [1.54, 1.807) is 19.1 Å². The molecule has 5 nitrogen and oxygen atoms in total. The molecule has 0 aromatic heterocycles. The fraction of sp³-hybridized carbons (Fsp3) is 0.667. The number of anilines is 1. The minimum Gasteiger partial charge on any atom is -0.443 e. The number of carbonyl (C=O) groups is 1. The van der Waals surface area contributed by atoms with Gasteiger partial charge in [0.1, 0.15) is 5.82 Å². The average Bonchev–Trinajstić information content (AvgIpc) is 2.72. The van der Waals surface area contributed by atoms with Gasteiger partial charge in [-0.05, 0) is 31.0 Å². The SMILES string of the molecule is C[C@H]1CN(Cc2ccc(N3CCOCC3)cc2F)CCC1C(=O)OC(C(F)(F)F)C(F)(F)F. The molecule has 1 unspecified atom stereocenters. The normalized spacial score (nSPS) is 23.1. The van der Waals surface area contributed by atoms with Crippen molar-refractivity contribution in [1.82, 2.24) is 4.90 Å². The zero-order chi connectivity index (χ0) is 24.4. The highest BCUT2D eigenvalue weighted by molar-refractivity contribution is 5.73. The first-order valence-corrected chi connectivity index (χ1v) is 10.5. The van der Waals surface area contributed by atoms with Gasteiger partial charge in [0.05, 0.1) is 19.1 Å². The van der Waals surface area contributed by atoms with E-state index in [0.29, 0.717) is 31.9 Å². The maximum absolute atomic E-state index is 14.7. The lowest BCUT2D eigenvalue weighted by atomic mass is 9.86. The molecule has 0 bridgehead atoms. The van der Waals surface area contributed by atoms with Gasteiger partial charge in [0.25, 0.3) is 6.10 Å². The number of piperidine rings is 1. The first-order valence-electron chi connectivity index (χ1n) is 10.5. The minimum absolute atomic E-state index is 0.00984. The Balaban J connectivity index is 1.58. The molecule has 0 spiro atoms. The third-order valence-corrected chi connectivity index (χ3v) is 5.93. The molecule has 1 aromatic carbocycles. The molecule has 2 heterocycles. The van der Waals surface area contributed by atoms with Crippen LogP contribution >= 0.6 is 0 Å². The van der Waals surface area contributed by atoms with Crippen molar-refractivity contribution in [3.63, 3.8) is 0 Å². The highest BCUT2D eigenvalue weighted by Crippen LogP contribution is 2.37. The summed E-state index contributed by atoms with van der Waals surface area (Å²) >= 11 is 0. The number of ether oxygens (including phenoxy) is 2. The summed E-state index contributed by atoms with van der Waals surface area (Å²) < 4.78 is 99.9. The summed E-state index contributed by atoms with van der Waals surface area (Å²) in [4.78, 5) is 15.9. The van der Waals surface area contributed by atoms with Gasteiger partial charge in [0, 0.05) is 37.4 Å². The number of benzene rings is 1. The molecular formula is C21H25F7N2O3. The van der Waals surface area contributed by atoms with E-state index in [2.05, 4.69) is 4.74 Å². The summed E-state index contributed by atoms with van der Waals surface area (Å²) in [7, 11) is 0. The van der Waals surface area contributed by atoms with Crippen molar-refractivity contribution in [1.29, 1.82) is 0 Å². The topological polar surface area (TPSA) is 42.0 Å². The standard InChI is InChI=1S/C21H25F7N2O3/c1-13-11-29(5-4-16(13)18(31)33-19(20(23,24)25)21(26,27)28)12-14-2-3-15(10-17(14)22)30-6-8-32-9-7-30/h2-3,10,13,16,19H,4-9,11-12H2,1H3/t13-,16?/m0/s1. The van der Waals surface area contributed by atoms with Gasteiger partial charge in [0.2, 0.25) is 0 Å². The number of hydrogen-bond acceptors (Lipinski definition) is 5. The number of rotatable bonds is 5. The van der Waals surface area contributed by atoms with Gasteiger partial charge in [-0.1, -0.05) is 13.0 Å². The smallest absolute Gasteiger partial charge is 0.434 e. The van der Waals surface area contributed by atoms with Crippen LogP contribution in [0.25, 0.3) is 0 Å². The second-order valence-electron chi connectivity index (χ2n) is 8.38. The summed E-state index contributed by atoms with van der Waals surface area (Å²) in [6.45, 7) is 4.59. The van der Waals surface area contributed by atoms with Crippen molar-refractivity contribution in [2.45, 2.75) is 38.3 Å². The molecule has 2 fully saturated rings. The van der Waals surface area contributed by atoms with E-state index in [9.17, 15) is 35.5 Å². The summed E-state index contributed by atoms with van der Waals surface area (Å²) in [5.41, 5.74) is 1.15. The van der Waals surface area contributed by atoms with Crippen LogP contribution in [0.2, 0.25) is 0 Å². The van der Waals surface area contributed by atoms with Crippen LogP contribution < -0.4 is 4.90 Å². The summed E-state index contributed by atoms with van der Waals surface area (Å²) in [5, 5.41) is 0. The zero-order valence-electron chi connectivity index (χ0n) is 17.9. The van der Waals surface area contributed by atoms with Crippen molar-refractivity contribution >= 4 is 11.7 Å². The first-order chi connectivity index (χ1) is 15.4. The van der Waals surface area contributed by atoms with Crippen LogP contribution in [0, 0.1) is 17.7 Å². The molecule has 2 saturated heterocycles. The van der Waals surface area contributed by atoms with Gasteiger partial charge in [-0.2, -0.15) is 26.3 Å².